The normalized spacial score (nSPS) is 19.1. The SMILES string of the molecule is Fc1cccc(N2CCNCC2c2ccccc2)c1F. The van der Waals surface area contributed by atoms with Gasteiger partial charge < -0.3 is 10.2 Å². The van der Waals surface area contributed by atoms with Crippen molar-refractivity contribution in [2.75, 3.05) is 24.5 Å². The minimum atomic E-state index is -0.798. The molecule has 0 bridgehead atoms. The van der Waals surface area contributed by atoms with Crippen molar-refractivity contribution < 1.29 is 8.78 Å². The molecule has 0 radical (unpaired) electrons. The molecule has 104 valence electrons. The van der Waals surface area contributed by atoms with Gasteiger partial charge in [-0.1, -0.05) is 36.4 Å². The Kier molecular flexibility index (Phi) is 3.65. The van der Waals surface area contributed by atoms with Crippen LogP contribution in [-0.4, -0.2) is 19.6 Å². The van der Waals surface area contributed by atoms with E-state index in [0.29, 0.717) is 12.2 Å². The molecule has 1 saturated heterocycles. The van der Waals surface area contributed by atoms with E-state index in [9.17, 15) is 8.78 Å². The molecule has 1 unspecified atom stereocenters. The first-order valence-electron chi connectivity index (χ1n) is 6.73. The second-order valence-corrected chi connectivity index (χ2v) is 4.90. The van der Waals surface area contributed by atoms with Gasteiger partial charge in [0.05, 0.1) is 11.7 Å². The molecule has 3 rings (SSSR count). The third-order valence-electron chi connectivity index (χ3n) is 3.67. The first kappa shape index (κ1) is 13.1. The molecule has 1 N–H and O–H groups in total. The summed E-state index contributed by atoms with van der Waals surface area (Å²) in [6, 6.07) is 14.3. The fourth-order valence-electron chi connectivity index (χ4n) is 2.68. The largest absolute Gasteiger partial charge is 0.359 e. The smallest absolute Gasteiger partial charge is 0.182 e. The molecule has 0 amide bonds. The molecule has 1 aliphatic rings. The van der Waals surface area contributed by atoms with Crippen LogP contribution in [-0.2, 0) is 0 Å². The zero-order chi connectivity index (χ0) is 13.9. The van der Waals surface area contributed by atoms with Crippen LogP contribution in [0.25, 0.3) is 0 Å². The Morgan fingerprint density at radius 2 is 1.80 bits per heavy atom. The van der Waals surface area contributed by atoms with Gasteiger partial charge in [-0.2, -0.15) is 0 Å². The van der Waals surface area contributed by atoms with Crippen LogP contribution in [0.15, 0.2) is 48.5 Å². The molecule has 1 atom stereocenters. The van der Waals surface area contributed by atoms with Gasteiger partial charge in [0.2, 0.25) is 0 Å². The van der Waals surface area contributed by atoms with E-state index in [-0.39, 0.29) is 6.04 Å². The topological polar surface area (TPSA) is 15.3 Å². The first-order chi connectivity index (χ1) is 9.77. The van der Waals surface area contributed by atoms with Crippen LogP contribution in [0, 0.1) is 11.6 Å². The fourth-order valence-corrected chi connectivity index (χ4v) is 2.68. The molecular formula is C16H16F2N2. The molecule has 1 aliphatic heterocycles. The molecule has 1 fully saturated rings. The van der Waals surface area contributed by atoms with Crippen molar-refractivity contribution in [1.82, 2.24) is 5.32 Å². The van der Waals surface area contributed by atoms with E-state index in [1.54, 1.807) is 12.1 Å². The maximum absolute atomic E-state index is 14.0. The van der Waals surface area contributed by atoms with Crippen molar-refractivity contribution in [1.29, 1.82) is 0 Å². The van der Waals surface area contributed by atoms with Crippen LogP contribution in [0.1, 0.15) is 11.6 Å². The highest BCUT2D eigenvalue weighted by Gasteiger charge is 2.26. The molecule has 0 aliphatic carbocycles. The van der Waals surface area contributed by atoms with E-state index in [4.69, 9.17) is 0 Å². The van der Waals surface area contributed by atoms with E-state index >= 15 is 0 Å². The van der Waals surface area contributed by atoms with Crippen molar-refractivity contribution in [2.24, 2.45) is 0 Å². The number of hydrogen-bond donors (Lipinski definition) is 1. The summed E-state index contributed by atoms with van der Waals surface area (Å²) in [6.07, 6.45) is 0. The minimum Gasteiger partial charge on any atom is -0.359 e. The van der Waals surface area contributed by atoms with Crippen LogP contribution in [0.2, 0.25) is 0 Å². The van der Waals surface area contributed by atoms with Crippen LogP contribution in [0.3, 0.4) is 0 Å². The van der Waals surface area contributed by atoms with Crippen LogP contribution < -0.4 is 10.2 Å². The molecule has 20 heavy (non-hydrogen) atoms. The van der Waals surface area contributed by atoms with Crippen molar-refractivity contribution >= 4 is 5.69 Å². The van der Waals surface area contributed by atoms with Crippen molar-refractivity contribution in [2.45, 2.75) is 6.04 Å². The highest BCUT2D eigenvalue weighted by Crippen LogP contribution is 2.31. The van der Waals surface area contributed by atoms with Crippen molar-refractivity contribution in [3.05, 3.63) is 65.7 Å². The lowest BCUT2D eigenvalue weighted by molar-refractivity contribution is 0.465. The Bertz CT molecular complexity index is 586. The highest BCUT2D eigenvalue weighted by atomic mass is 19.2. The van der Waals surface area contributed by atoms with Gasteiger partial charge >= 0.3 is 0 Å². The van der Waals surface area contributed by atoms with Crippen LogP contribution in [0.4, 0.5) is 14.5 Å². The predicted octanol–water partition coefficient (Wildman–Crippen LogP) is 3.12. The highest BCUT2D eigenvalue weighted by molar-refractivity contribution is 5.51. The number of anilines is 1. The second kappa shape index (κ2) is 5.59. The minimum absolute atomic E-state index is 0.0150. The van der Waals surface area contributed by atoms with Gasteiger partial charge in [0.1, 0.15) is 0 Å². The van der Waals surface area contributed by atoms with Crippen molar-refractivity contribution in [3.8, 4) is 0 Å². The van der Waals surface area contributed by atoms with Crippen LogP contribution >= 0.6 is 0 Å². The summed E-state index contributed by atoms with van der Waals surface area (Å²) < 4.78 is 27.5. The quantitative estimate of drug-likeness (QED) is 0.905. The zero-order valence-corrected chi connectivity index (χ0v) is 11.0. The molecule has 0 saturated carbocycles. The Morgan fingerprint density at radius 1 is 1.00 bits per heavy atom. The number of benzene rings is 2. The number of piperazine rings is 1. The third kappa shape index (κ3) is 2.39. The Balaban J connectivity index is 1.99. The third-order valence-corrected chi connectivity index (χ3v) is 3.67. The number of halogens is 2. The van der Waals surface area contributed by atoms with Gasteiger partial charge in [0.15, 0.2) is 11.6 Å². The standard InChI is InChI=1S/C16H16F2N2/c17-13-7-4-8-14(16(13)18)20-10-9-19-11-15(20)12-5-2-1-3-6-12/h1-8,15,19H,9-11H2. The summed E-state index contributed by atoms with van der Waals surface area (Å²) in [5.41, 5.74) is 1.43. The number of rotatable bonds is 2. The molecule has 0 aromatic heterocycles. The van der Waals surface area contributed by atoms with Gasteiger partial charge in [-0.3, -0.25) is 0 Å². The Hall–Kier alpha value is -1.94. The van der Waals surface area contributed by atoms with Crippen molar-refractivity contribution in [3.63, 3.8) is 0 Å². The molecule has 1 heterocycles. The Morgan fingerprint density at radius 3 is 2.60 bits per heavy atom. The van der Waals surface area contributed by atoms with E-state index in [0.717, 1.165) is 24.7 Å². The van der Waals surface area contributed by atoms with Gasteiger partial charge in [-0.05, 0) is 17.7 Å². The van der Waals surface area contributed by atoms with E-state index in [2.05, 4.69) is 5.32 Å². The van der Waals surface area contributed by atoms with Gasteiger partial charge in [-0.25, -0.2) is 8.78 Å². The van der Waals surface area contributed by atoms with Gasteiger partial charge in [0, 0.05) is 19.6 Å². The molecular weight excluding hydrogens is 258 g/mol. The summed E-state index contributed by atoms with van der Waals surface area (Å²) in [5, 5.41) is 3.31. The maximum Gasteiger partial charge on any atom is 0.182 e. The lowest BCUT2D eigenvalue weighted by Gasteiger charge is -2.38. The predicted molar refractivity (Wildman–Crippen MR) is 75.8 cm³/mol. The lowest BCUT2D eigenvalue weighted by Crippen LogP contribution is -2.46. The van der Waals surface area contributed by atoms with Gasteiger partial charge in [-0.15, -0.1) is 0 Å². The average Bonchev–Trinajstić information content (AvgIpc) is 2.51. The maximum atomic E-state index is 14.0. The summed E-state index contributed by atoms with van der Waals surface area (Å²) >= 11 is 0. The average molecular weight is 274 g/mol. The number of nitrogens with one attached hydrogen (secondary N) is 1. The van der Waals surface area contributed by atoms with E-state index in [1.165, 1.54) is 0 Å². The summed E-state index contributed by atoms with van der Waals surface area (Å²) in [4.78, 5) is 1.93. The van der Waals surface area contributed by atoms with Crippen LogP contribution in [0.5, 0.6) is 0 Å². The molecule has 2 aromatic carbocycles. The number of hydrogen-bond acceptors (Lipinski definition) is 2. The second-order valence-electron chi connectivity index (χ2n) is 4.90. The molecule has 2 nitrogen and oxygen atoms in total. The number of nitrogens with zero attached hydrogens (tertiary/aromatic N) is 1. The summed E-state index contributed by atoms with van der Waals surface area (Å²) in [5.74, 6) is -1.57. The monoisotopic (exact) mass is 274 g/mol. The first-order valence-corrected chi connectivity index (χ1v) is 6.73. The molecule has 0 spiro atoms. The lowest BCUT2D eigenvalue weighted by atomic mass is 10.0. The summed E-state index contributed by atoms with van der Waals surface area (Å²) in [7, 11) is 0. The van der Waals surface area contributed by atoms with E-state index < -0.39 is 11.6 Å². The summed E-state index contributed by atoms with van der Waals surface area (Å²) in [6.45, 7) is 2.14. The molecule has 2 aromatic rings. The fraction of sp³-hybridized carbons (Fsp3) is 0.250. The van der Waals surface area contributed by atoms with Gasteiger partial charge in [0.25, 0.3) is 0 Å². The molecule has 4 heteroatoms. The Labute approximate surface area is 117 Å². The van der Waals surface area contributed by atoms with E-state index in [1.807, 2.05) is 35.2 Å². The zero-order valence-electron chi connectivity index (χ0n) is 11.0.